The number of hydrogen-bond acceptors (Lipinski definition) is 4. The van der Waals surface area contributed by atoms with Crippen LogP contribution in [0.2, 0.25) is 0 Å². The summed E-state index contributed by atoms with van der Waals surface area (Å²) in [6.07, 6.45) is 5.08. The van der Waals surface area contributed by atoms with E-state index in [1.165, 1.54) is 19.4 Å². The zero-order valence-corrected chi connectivity index (χ0v) is 14.7. The third kappa shape index (κ3) is 4.63. The molecule has 1 aromatic carbocycles. The largest absolute Gasteiger partial charge is 0.493 e. The Morgan fingerprint density at radius 2 is 2.00 bits per heavy atom. The molecule has 5 nitrogen and oxygen atoms in total. The molecule has 0 spiro atoms. The van der Waals surface area contributed by atoms with Crippen molar-refractivity contribution < 1.29 is 14.3 Å². The number of methoxy groups -OCH3 is 2. The Bertz CT molecular complexity index is 572. The molecule has 1 saturated heterocycles. The second-order valence-electron chi connectivity index (χ2n) is 6.95. The van der Waals surface area contributed by atoms with E-state index in [-0.39, 0.29) is 5.91 Å². The van der Waals surface area contributed by atoms with Crippen molar-refractivity contribution in [2.24, 2.45) is 5.92 Å². The number of ether oxygens (including phenoxy) is 2. The number of nitrogens with zero attached hydrogens (tertiary/aromatic N) is 1. The number of nitrogens with one attached hydrogen (secondary N) is 1. The SMILES string of the molecule is COc1ccc(CCC(=O)N[C@@H]2CCN(CC3CC3)C2)cc1OC. The van der Waals surface area contributed by atoms with E-state index in [4.69, 9.17) is 9.47 Å². The summed E-state index contributed by atoms with van der Waals surface area (Å²) in [7, 11) is 3.25. The second-order valence-corrected chi connectivity index (χ2v) is 6.95. The van der Waals surface area contributed by atoms with Crippen LogP contribution in [0, 0.1) is 5.92 Å². The number of rotatable bonds is 8. The first-order chi connectivity index (χ1) is 11.7. The van der Waals surface area contributed by atoms with Gasteiger partial charge in [0.25, 0.3) is 0 Å². The van der Waals surface area contributed by atoms with Crippen LogP contribution in [0.3, 0.4) is 0 Å². The number of carbonyl (C=O) groups excluding carboxylic acids is 1. The first-order valence-corrected chi connectivity index (χ1v) is 8.90. The van der Waals surface area contributed by atoms with Crippen LogP contribution in [0.25, 0.3) is 0 Å². The predicted molar refractivity (Wildman–Crippen MR) is 93.6 cm³/mol. The van der Waals surface area contributed by atoms with Crippen molar-refractivity contribution in [3.63, 3.8) is 0 Å². The highest BCUT2D eigenvalue weighted by molar-refractivity contribution is 5.76. The number of likely N-dealkylation sites (tertiary alicyclic amines) is 1. The van der Waals surface area contributed by atoms with Gasteiger partial charge in [0.1, 0.15) is 0 Å². The van der Waals surface area contributed by atoms with Gasteiger partial charge < -0.3 is 19.7 Å². The maximum atomic E-state index is 12.2. The monoisotopic (exact) mass is 332 g/mol. The molecule has 5 heteroatoms. The van der Waals surface area contributed by atoms with Crippen molar-refractivity contribution in [1.29, 1.82) is 0 Å². The number of hydrogen-bond donors (Lipinski definition) is 1. The molecule has 3 rings (SSSR count). The molecule has 1 saturated carbocycles. The summed E-state index contributed by atoms with van der Waals surface area (Å²) >= 11 is 0. The van der Waals surface area contributed by atoms with Crippen LogP contribution in [0.5, 0.6) is 11.5 Å². The van der Waals surface area contributed by atoms with Crippen LogP contribution >= 0.6 is 0 Å². The summed E-state index contributed by atoms with van der Waals surface area (Å²) in [5, 5.41) is 3.19. The summed E-state index contributed by atoms with van der Waals surface area (Å²) in [5.74, 6) is 2.49. The van der Waals surface area contributed by atoms with E-state index in [0.29, 0.717) is 30.4 Å². The van der Waals surface area contributed by atoms with Crippen molar-refractivity contribution in [3.05, 3.63) is 23.8 Å². The summed E-state index contributed by atoms with van der Waals surface area (Å²) in [5.41, 5.74) is 1.09. The number of carbonyl (C=O) groups is 1. The third-order valence-electron chi connectivity index (χ3n) is 4.94. The molecule has 24 heavy (non-hydrogen) atoms. The van der Waals surface area contributed by atoms with Crippen molar-refractivity contribution >= 4 is 5.91 Å². The summed E-state index contributed by atoms with van der Waals surface area (Å²) in [6.45, 7) is 3.35. The fraction of sp³-hybridized carbons (Fsp3) is 0.632. The van der Waals surface area contributed by atoms with E-state index >= 15 is 0 Å². The Morgan fingerprint density at radius 3 is 2.71 bits per heavy atom. The van der Waals surface area contributed by atoms with Gasteiger partial charge in [0.05, 0.1) is 14.2 Å². The smallest absolute Gasteiger partial charge is 0.220 e. The lowest BCUT2D eigenvalue weighted by Crippen LogP contribution is -2.37. The first-order valence-electron chi connectivity index (χ1n) is 8.90. The van der Waals surface area contributed by atoms with E-state index in [0.717, 1.165) is 31.0 Å². The lowest BCUT2D eigenvalue weighted by Gasteiger charge is -2.16. The quantitative estimate of drug-likeness (QED) is 0.793. The van der Waals surface area contributed by atoms with Crippen LogP contribution in [-0.2, 0) is 11.2 Å². The van der Waals surface area contributed by atoms with Gasteiger partial charge >= 0.3 is 0 Å². The predicted octanol–water partition coefficient (Wildman–Crippen LogP) is 2.24. The van der Waals surface area contributed by atoms with Crippen LogP contribution in [0.4, 0.5) is 0 Å². The molecule has 0 radical (unpaired) electrons. The van der Waals surface area contributed by atoms with E-state index in [1.54, 1.807) is 14.2 Å². The van der Waals surface area contributed by atoms with Gasteiger partial charge in [0.2, 0.25) is 5.91 Å². The normalized spacial score (nSPS) is 20.8. The molecular weight excluding hydrogens is 304 g/mol. The molecule has 2 aliphatic rings. The van der Waals surface area contributed by atoms with Crippen LogP contribution in [0.15, 0.2) is 18.2 Å². The first kappa shape index (κ1) is 17.1. The molecule has 1 amide bonds. The maximum absolute atomic E-state index is 12.2. The van der Waals surface area contributed by atoms with Crippen molar-refractivity contribution in [2.75, 3.05) is 33.9 Å². The molecule has 1 aliphatic carbocycles. The van der Waals surface area contributed by atoms with Crippen LogP contribution < -0.4 is 14.8 Å². The molecule has 132 valence electrons. The molecule has 0 aromatic heterocycles. The molecule has 0 unspecified atom stereocenters. The van der Waals surface area contributed by atoms with Crippen LogP contribution in [-0.4, -0.2) is 50.7 Å². The standard InChI is InChI=1S/C19H28N2O3/c1-23-17-7-5-14(11-18(17)24-2)6-8-19(22)20-16-9-10-21(13-16)12-15-3-4-15/h5,7,11,15-16H,3-4,6,8-10,12-13H2,1-2H3,(H,20,22)/t16-/m1/s1. The van der Waals surface area contributed by atoms with E-state index in [9.17, 15) is 4.79 Å². The van der Waals surface area contributed by atoms with Gasteiger partial charge in [-0.15, -0.1) is 0 Å². The number of amides is 1. The Kier molecular flexibility index (Phi) is 5.61. The number of aryl methyl sites for hydroxylation is 1. The minimum atomic E-state index is 0.142. The van der Waals surface area contributed by atoms with E-state index in [1.807, 2.05) is 18.2 Å². The lowest BCUT2D eigenvalue weighted by molar-refractivity contribution is -0.121. The van der Waals surface area contributed by atoms with Gasteiger partial charge in [0.15, 0.2) is 11.5 Å². The lowest BCUT2D eigenvalue weighted by atomic mass is 10.1. The third-order valence-corrected chi connectivity index (χ3v) is 4.94. The Hall–Kier alpha value is -1.75. The highest BCUT2D eigenvalue weighted by Crippen LogP contribution is 2.31. The molecular formula is C19H28N2O3. The maximum Gasteiger partial charge on any atom is 0.220 e. The van der Waals surface area contributed by atoms with Gasteiger partial charge in [-0.1, -0.05) is 6.07 Å². The van der Waals surface area contributed by atoms with E-state index in [2.05, 4.69) is 10.2 Å². The van der Waals surface area contributed by atoms with Crippen molar-refractivity contribution in [1.82, 2.24) is 10.2 Å². The molecule has 2 fully saturated rings. The molecule has 1 N–H and O–H groups in total. The van der Waals surface area contributed by atoms with Gasteiger partial charge in [-0.05, 0) is 49.3 Å². The highest BCUT2D eigenvalue weighted by Gasteiger charge is 2.29. The summed E-state index contributed by atoms with van der Waals surface area (Å²) < 4.78 is 10.5. The Labute approximate surface area is 144 Å². The molecule has 1 heterocycles. The van der Waals surface area contributed by atoms with Gasteiger partial charge in [-0.25, -0.2) is 0 Å². The fourth-order valence-corrected chi connectivity index (χ4v) is 3.38. The topological polar surface area (TPSA) is 50.8 Å². The van der Waals surface area contributed by atoms with Crippen LogP contribution in [0.1, 0.15) is 31.2 Å². The van der Waals surface area contributed by atoms with Gasteiger partial charge in [0, 0.05) is 32.1 Å². The highest BCUT2D eigenvalue weighted by atomic mass is 16.5. The number of benzene rings is 1. The zero-order chi connectivity index (χ0) is 16.9. The van der Waals surface area contributed by atoms with Gasteiger partial charge in [-0.2, -0.15) is 0 Å². The Balaban J connectivity index is 1.42. The minimum Gasteiger partial charge on any atom is -0.493 e. The summed E-state index contributed by atoms with van der Waals surface area (Å²) in [6, 6.07) is 6.14. The van der Waals surface area contributed by atoms with Crippen molar-refractivity contribution in [2.45, 2.75) is 38.1 Å². The molecule has 0 bridgehead atoms. The average Bonchev–Trinajstić information content (AvgIpc) is 3.30. The summed E-state index contributed by atoms with van der Waals surface area (Å²) in [4.78, 5) is 14.7. The van der Waals surface area contributed by atoms with Crippen molar-refractivity contribution in [3.8, 4) is 11.5 Å². The molecule has 1 aliphatic heterocycles. The Morgan fingerprint density at radius 1 is 1.21 bits per heavy atom. The average molecular weight is 332 g/mol. The molecule has 1 atom stereocenters. The van der Waals surface area contributed by atoms with E-state index < -0.39 is 0 Å². The zero-order valence-electron chi connectivity index (χ0n) is 14.7. The van der Waals surface area contributed by atoms with Gasteiger partial charge in [-0.3, -0.25) is 4.79 Å². The molecule has 1 aromatic rings. The minimum absolute atomic E-state index is 0.142. The second kappa shape index (κ2) is 7.88. The fourth-order valence-electron chi connectivity index (χ4n) is 3.38.